The van der Waals surface area contributed by atoms with Gasteiger partial charge in [-0.3, -0.25) is 9.59 Å². The maximum atomic E-state index is 12.4. The van der Waals surface area contributed by atoms with Crippen LogP contribution in [0.4, 0.5) is 8.78 Å². The van der Waals surface area contributed by atoms with Crippen LogP contribution in [-0.2, 0) is 17.8 Å². The highest BCUT2D eigenvalue weighted by Crippen LogP contribution is 2.15. The van der Waals surface area contributed by atoms with Crippen LogP contribution in [0.2, 0.25) is 0 Å². The predicted octanol–water partition coefficient (Wildman–Crippen LogP) is 2.96. The fraction of sp³-hybridized carbons (Fsp3) is 0.182. The van der Waals surface area contributed by atoms with Crippen molar-refractivity contribution in [1.82, 2.24) is 25.1 Å². The van der Waals surface area contributed by atoms with Crippen LogP contribution in [0.15, 0.2) is 65.6 Å². The summed E-state index contributed by atoms with van der Waals surface area (Å²) in [5, 5.41) is 7.36. The van der Waals surface area contributed by atoms with Crippen LogP contribution in [0, 0.1) is 0 Å². The number of amides is 1. The normalized spacial score (nSPS) is 11.1. The molecule has 2 heterocycles. The lowest BCUT2D eigenvalue weighted by atomic mass is 10.2. The Morgan fingerprint density at radius 1 is 1.12 bits per heavy atom. The summed E-state index contributed by atoms with van der Waals surface area (Å²) >= 11 is 0. The molecule has 0 aliphatic heterocycles. The highest BCUT2D eigenvalue weighted by molar-refractivity contribution is 5.77. The molecule has 0 fully saturated rings. The van der Waals surface area contributed by atoms with Crippen LogP contribution in [-0.4, -0.2) is 32.3 Å². The zero-order valence-electron chi connectivity index (χ0n) is 16.8. The Kier molecular flexibility index (Phi) is 6.20. The van der Waals surface area contributed by atoms with Gasteiger partial charge in [0.15, 0.2) is 5.65 Å². The number of carbonyl (C=O) groups is 1. The number of benzene rings is 2. The topological polar surface area (TPSA) is 102 Å². The quantitative estimate of drug-likeness (QED) is 0.440. The van der Waals surface area contributed by atoms with Crippen molar-refractivity contribution >= 4 is 16.9 Å². The van der Waals surface area contributed by atoms with Crippen LogP contribution in [0.5, 0.6) is 5.75 Å². The molecule has 0 aliphatic rings. The molecular weight excluding hydrogens is 420 g/mol. The van der Waals surface area contributed by atoms with Gasteiger partial charge >= 0.3 is 6.61 Å². The van der Waals surface area contributed by atoms with Gasteiger partial charge in [-0.2, -0.15) is 13.9 Å². The smallest absolute Gasteiger partial charge is 0.387 e. The number of fused-ring (bicyclic) bond motifs is 1. The predicted molar refractivity (Wildman–Crippen MR) is 113 cm³/mol. The van der Waals surface area contributed by atoms with E-state index in [2.05, 4.69) is 25.1 Å². The second-order valence-corrected chi connectivity index (χ2v) is 6.94. The van der Waals surface area contributed by atoms with Gasteiger partial charge in [-0.05, 0) is 29.8 Å². The van der Waals surface area contributed by atoms with Gasteiger partial charge in [-0.1, -0.05) is 30.3 Å². The number of halogens is 2. The number of ether oxygens (including phenoxy) is 1. The number of aryl methyl sites for hydroxylation is 1. The summed E-state index contributed by atoms with van der Waals surface area (Å²) in [5.41, 5.74) is 1.61. The van der Waals surface area contributed by atoms with Crippen LogP contribution in [0.3, 0.4) is 0 Å². The number of nitrogens with zero attached hydrogens (tertiary/aromatic N) is 3. The van der Waals surface area contributed by atoms with E-state index in [4.69, 9.17) is 0 Å². The number of H-pyrrole nitrogens is 1. The molecule has 2 aromatic heterocycles. The fourth-order valence-corrected chi connectivity index (χ4v) is 3.15. The molecule has 0 bridgehead atoms. The first-order chi connectivity index (χ1) is 15.5. The number of nitrogens with one attached hydrogen (secondary N) is 2. The SMILES string of the molecule is O=C(CCc1nc2c(cnn2-c2ccccc2)c(=O)[nH]1)NCc1ccc(OC(F)F)cc1. The molecule has 0 saturated carbocycles. The number of para-hydroxylation sites is 1. The van der Waals surface area contributed by atoms with E-state index in [1.165, 1.54) is 18.3 Å². The van der Waals surface area contributed by atoms with Crippen molar-refractivity contribution in [3.63, 3.8) is 0 Å². The van der Waals surface area contributed by atoms with Crippen molar-refractivity contribution < 1.29 is 18.3 Å². The molecule has 4 rings (SSSR count). The van der Waals surface area contributed by atoms with E-state index in [0.717, 1.165) is 11.3 Å². The molecule has 10 heteroatoms. The second kappa shape index (κ2) is 9.38. The number of alkyl halides is 2. The van der Waals surface area contributed by atoms with Crippen molar-refractivity contribution in [2.75, 3.05) is 0 Å². The molecule has 2 aromatic carbocycles. The third-order valence-electron chi connectivity index (χ3n) is 4.71. The number of aromatic amines is 1. The lowest BCUT2D eigenvalue weighted by Crippen LogP contribution is -2.23. The van der Waals surface area contributed by atoms with Gasteiger partial charge in [0.2, 0.25) is 5.91 Å². The van der Waals surface area contributed by atoms with Gasteiger partial charge in [0.25, 0.3) is 5.56 Å². The molecule has 164 valence electrons. The Bertz CT molecular complexity index is 1270. The molecular formula is C22H19F2N5O3. The van der Waals surface area contributed by atoms with E-state index in [0.29, 0.717) is 16.9 Å². The fourth-order valence-electron chi connectivity index (χ4n) is 3.15. The van der Waals surface area contributed by atoms with Gasteiger partial charge in [-0.25, -0.2) is 9.67 Å². The zero-order valence-corrected chi connectivity index (χ0v) is 16.8. The Morgan fingerprint density at radius 3 is 2.59 bits per heavy atom. The van der Waals surface area contributed by atoms with Crippen LogP contribution < -0.4 is 15.6 Å². The molecule has 0 radical (unpaired) electrons. The Labute approximate surface area is 180 Å². The van der Waals surface area contributed by atoms with Gasteiger partial charge in [0.05, 0.1) is 11.9 Å². The summed E-state index contributed by atoms with van der Waals surface area (Å²) in [6.45, 7) is -2.65. The van der Waals surface area contributed by atoms with Gasteiger partial charge in [-0.15, -0.1) is 0 Å². The molecule has 32 heavy (non-hydrogen) atoms. The minimum Gasteiger partial charge on any atom is -0.435 e. The standard InChI is InChI=1S/C22H19F2N5O3/c23-22(24)32-16-8-6-14(7-9-16)12-25-19(30)11-10-18-27-20-17(21(31)28-18)13-26-29(20)15-4-2-1-3-5-15/h1-9,13,22H,10-12H2,(H,25,30)(H,27,28,31). The molecule has 1 amide bonds. The van der Waals surface area contributed by atoms with Crippen molar-refractivity contribution in [1.29, 1.82) is 0 Å². The van der Waals surface area contributed by atoms with E-state index in [1.807, 2.05) is 30.3 Å². The summed E-state index contributed by atoms with van der Waals surface area (Å²) < 4.78 is 30.2. The van der Waals surface area contributed by atoms with E-state index in [-0.39, 0.29) is 36.6 Å². The largest absolute Gasteiger partial charge is 0.435 e. The summed E-state index contributed by atoms with van der Waals surface area (Å²) in [5.74, 6) is 0.191. The van der Waals surface area contributed by atoms with E-state index >= 15 is 0 Å². The molecule has 0 saturated heterocycles. The summed E-state index contributed by atoms with van der Waals surface area (Å²) in [7, 11) is 0. The number of aromatic nitrogens is 4. The maximum absolute atomic E-state index is 12.4. The minimum atomic E-state index is -2.88. The van der Waals surface area contributed by atoms with E-state index < -0.39 is 6.61 Å². The number of hydrogen-bond acceptors (Lipinski definition) is 5. The monoisotopic (exact) mass is 439 g/mol. The first-order valence-electron chi connectivity index (χ1n) is 9.82. The van der Waals surface area contributed by atoms with E-state index in [1.54, 1.807) is 16.8 Å². The number of hydrogen-bond donors (Lipinski definition) is 2. The Hall–Kier alpha value is -4.08. The molecule has 0 atom stereocenters. The van der Waals surface area contributed by atoms with Crippen LogP contribution in [0.25, 0.3) is 16.7 Å². The van der Waals surface area contributed by atoms with Crippen LogP contribution in [0.1, 0.15) is 17.8 Å². The molecule has 4 aromatic rings. The van der Waals surface area contributed by atoms with Crippen LogP contribution >= 0.6 is 0 Å². The lowest BCUT2D eigenvalue weighted by Gasteiger charge is -2.08. The third-order valence-corrected chi connectivity index (χ3v) is 4.71. The molecule has 2 N–H and O–H groups in total. The third kappa shape index (κ3) is 4.97. The highest BCUT2D eigenvalue weighted by Gasteiger charge is 2.12. The summed E-state index contributed by atoms with van der Waals surface area (Å²) in [4.78, 5) is 31.8. The first kappa shape index (κ1) is 21.2. The zero-order chi connectivity index (χ0) is 22.5. The Balaban J connectivity index is 1.38. The summed E-state index contributed by atoms with van der Waals surface area (Å²) in [6, 6.07) is 15.3. The number of carbonyl (C=O) groups excluding carboxylic acids is 1. The van der Waals surface area contributed by atoms with Crippen molar-refractivity contribution in [3.05, 3.63) is 82.5 Å². The van der Waals surface area contributed by atoms with Crippen molar-refractivity contribution in [2.24, 2.45) is 0 Å². The average Bonchev–Trinajstić information content (AvgIpc) is 3.22. The first-order valence-corrected chi connectivity index (χ1v) is 9.82. The maximum Gasteiger partial charge on any atom is 0.387 e. The minimum absolute atomic E-state index is 0.0511. The highest BCUT2D eigenvalue weighted by atomic mass is 19.3. The molecule has 0 aliphatic carbocycles. The summed E-state index contributed by atoms with van der Waals surface area (Å²) in [6.07, 6.45) is 1.81. The lowest BCUT2D eigenvalue weighted by molar-refractivity contribution is -0.121. The van der Waals surface area contributed by atoms with Crippen molar-refractivity contribution in [3.8, 4) is 11.4 Å². The number of rotatable bonds is 8. The average molecular weight is 439 g/mol. The van der Waals surface area contributed by atoms with Gasteiger partial charge in [0, 0.05) is 19.4 Å². The second-order valence-electron chi connectivity index (χ2n) is 6.94. The molecule has 0 spiro atoms. The van der Waals surface area contributed by atoms with Crippen molar-refractivity contribution in [2.45, 2.75) is 26.0 Å². The Morgan fingerprint density at radius 2 is 1.88 bits per heavy atom. The van der Waals surface area contributed by atoms with Gasteiger partial charge < -0.3 is 15.0 Å². The van der Waals surface area contributed by atoms with Gasteiger partial charge in [0.1, 0.15) is 17.0 Å². The van der Waals surface area contributed by atoms with E-state index in [9.17, 15) is 18.4 Å². The molecule has 8 nitrogen and oxygen atoms in total. The molecule has 0 unspecified atom stereocenters.